The number of para-hydroxylation sites is 1. The quantitative estimate of drug-likeness (QED) is 0.796. The Bertz CT molecular complexity index is 823. The number of rotatable bonds is 6. The van der Waals surface area contributed by atoms with E-state index >= 15 is 0 Å². The number of thioether (sulfide) groups is 1. The van der Waals surface area contributed by atoms with Crippen LogP contribution in [0.25, 0.3) is 0 Å². The lowest BCUT2D eigenvalue weighted by molar-refractivity contribution is -0.116. The third-order valence-corrected chi connectivity index (χ3v) is 5.84. The van der Waals surface area contributed by atoms with E-state index in [-0.39, 0.29) is 10.6 Å². The Balaban J connectivity index is 2.08. The first-order valence-corrected chi connectivity index (χ1v) is 9.66. The third kappa shape index (κ3) is 4.34. The number of likely N-dealkylation sites (N-methyl/N-ethyl adjacent to an activating group) is 1. The maximum atomic E-state index is 13.5. The maximum absolute atomic E-state index is 13.5. The lowest BCUT2D eigenvalue weighted by Crippen LogP contribution is -2.35. The van der Waals surface area contributed by atoms with E-state index in [4.69, 9.17) is 0 Å². The van der Waals surface area contributed by atoms with Crippen LogP contribution in [0.5, 0.6) is 0 Å². The molecule has 0 unspecified atom stereocenters. The molecule has 0 aliphatic rings. The Kier molecular flexibility index (Phi) is 5.98. The number of sulfonamides is 1. The van der Waals surface area contributed by atoms with Crippen molar-refractivity contribution in [2.75, 3.05) is 25.2 Å². The number of benzene rings is 2. The Morgan fingerprint density at radius 3 is 2.38 bits per heavy atom. The zero-order valence-corrected chi connectivity index (χ0v) is 14.8. The SMILES string of the molecule is CSc1ccc(S(=O)(=O)N(C)CC(=O)Nc2ccccc2F)cc1. The van der Waals surface area contributed by atoms with E-state index in [1.54, 1.807) is 18.2 Å². The first kappa shape index (κ1) is 18.4. The van der Waals surface area contributed by atoms with Gasteiger partial charge in [-0.15, -0.1) is 11.8 Å². The Hall–Kier alpha value is -1.90. The molecule has 0 aliphatic carbocycles. The van der Waals surface area contributed by atoms with Crippen molar-refractivity contribution in [1.29, 1.82) is 0 Å². The number of nitrogens with one attached hydrogen (secondary N) is 1. The molecule has 0 atom stereocenters. The molecule has 0 aliphatic heterocycles. The monoisotopic (exact) mass is 368 g/mol. The molecule has 0 saturated carbocycles. The topological polar surface area (TPSA) is 66.5 Å². The molecular formula is C16H17FN2O3S2. The lowest BCUT2D eigenvalue weighted by Gasteiger charge is -2.17. The number of hydrogen-bond acceptors (Lipinski definition) is 4. The highest BCUT2D eigenvalue weighted by Crippen LogP contribution is 2.20. The van der Waals surface area contributed by atoms with Crippen LogP contribution in [0.3, 0.4) is 0 Å². The van der Waals surface area contributed by atoms with Gasteiger partial charge in [0.05, 0.1) is 17.1 Å². The van der Waals surface area contributed by atoms with Gasteiger partial charge in [0, 0.05) is 11.9 Å². The first-order valence-electron chi connectivity index (χ1n) is 6.99. The van der Waals surface area contributed by atoms with Gasteiger partial charge in [-0.05, 0) is 42.7 Å². The standard InChI is InChI=1S/C16H17FN2O3S2/c1-19(11-16(20)18-15-6-4-3-5-14(15)17)24(21,22)13-9-7-12(23-2)8-10-13/h3-10H,11H2,1-2H3,(H,18,20). The van der Waals surface area contributed by atoms with E-state index in [2.05, 4.69) is 5.32 Å². The second kappa shape index (κ2) is 7.78. The van der Waals surface area contributed by atoms with Gasteiger partial charge in [-0.1, -0.05) is 12.1 Å². The lowest BCUT2D eigenvalue weighted by atomic mass is 10.3. The number of carbonyl (C=O) groups excluding carboxylic acids is 1. The third-order valence-electron chi connectivity index (χ3n) is 3.28. The minimum absolute atomic E-state index is 0.0117. The Morgan fingerprint density at radius 2 is 1.79 bits per heavy atom. The molecule has 0 radical (unpaired) electrons. The number of amides is 1. The summed E-state index contributed by atoms with van der Waals surface area (Å²) in [5.74, 6) is -1.20. The van der Waals surface area contributed by atoms with E-state index in [9.17, 15) is 17.6 Å². The van der Waals surface area contributed by atoms with Crippen molar-refractivity contribution in [3.05, 3.63) is 54.3 Å². The van der Waals surface area contributed by atoms with Crippen LogP contribution >= 0.6 is 11.8 Å². The van der Waals surface area contributed by atoms with Crippen LogP contribution in [0.2, 0.25) is 0 Å². The summed E-state index contributed by atoms with van der Waals surface area (Å²) in [7, 11) is -2.49. The number of hydrogen-bond donors (Lipinski definition) is 1. The minimum atomic E-state index is -3.79. The molecule has 0 heterocycles. The van der Waals surface area contributed by atoms with Crippen molar-refractivity contribution < 1.29 is 17.6 Å². The predicted molar refractivity (Wildman–Crippen MR) is 93.1 cm³/mol. The van der Waals surface area contributed by atoms with Gasteiger partial charge in [0.15, 0.2) is 0 Å². The van der Waals surface area contributed by atoms with Gasteiger partial charge in [0.1, 0.15) is 5.82 Å². The predicted octanol–water partition coefficient (Wildman–Crippen LogP) is 2.81. The summed E-state index contributed by atoms with van der Waals surface area (Å²) in [4.78, 5) is 13.0. The van der Waals surface area contributed by atoms with E-state index < -0.39 is 28.3 Å². The second-order valence-corrected chi connectivity index (χ2v) is 7.89. The fourth-order valence-corrected chi connectivity index (χ4v) is 3.50. The average Bonchev–Trinajstić information content (AvgIpc) is 2.57. The minimum Gasteiger partial charge on any atom is -0.322 e. The van der Waals surface area contributed by atoms with Crippen LogP contribution < -0.4 is 5.32 Å². The molecule has 0 aromatic heterocycles. The molecule has 0 spiro atoms. The first-order chi connectivity index (χ1) is 11.3. The summed E-state index contributed by atoms with van der Waals surface area (Å²) >= 11 is 1.50. The molecule has 0 bridgehead atoms. The van der Waals surface area contributed by atoms with Gasteiger partial charge >= 0.3 is 0 Å². The molecule has 2 aromatic rings. The number of anilines is 1. The fraction of sp³-hybridized carbons (Fsp3) is 0.188. The van der Waals surface area contributed by atoms with Crippen LogP contribution in [-0.4, -0.2) is 38.5 Å². The highest BCUT2D eigenvalue weighted by Gasteiger charge is 2.23. The number of carbonyl (C=O) groups is 1. The zero-order chi connectivity index (χ0) is 17.7. The zero-order valence-electron chi connectivity index (χ0n) is 13.2. The van der Waals surface area contributed by atoms with Crippen molar-refractivity contribution in [3.8, 4) is 0 Å². The molecule has 128 valence electrons. The molecule has 8 heteroatoms. The van der Waals surface area contributed by atoms with Gasteiger partial charge in [-0.2, -0.15) is 4.31 Å². The van der Waals surface area contributed by atoms with Crippen LogP contribution in [0.1, 0.15) is 0 Å². The van der Waals surface area contributed by atoms with Crippen LogP contribution in [-0.2, 0) is 14.8 Å². The van der Waals surface area contributed by atoms with E-state index in [0.29, 0.717) is 0 Å². The van der Waals surface area contributed by atoms with E-state index in [1.807, 2.05) is 6.26 Å². The maximum Gasteiger partial charge on any atom is 0.243 e. The van der Waals surface area contributed by atoms with Crippen molar-refractivity contribution in [1.82, 2.24) is 4.31 Å². The summed E-state index contributed by atoms with van der Waals surface area (Å²) in [6, 6.07) is 12.1. The van der Waals surface area contributed by atoms with Crippen molar-refractivity contribution >= 4 is 33.4 Å². The molecule has 2 rings (SSSR count). The summed E-state index contributed by atoms with van der Waals surface area (Å²) < 4.78 is 39.3. The number of nitrogens with zero attached hydrogens (tertiary/aromatic N) is 1. The number of halogens is 1. The normalized spacial score (nSPS) is 11.5. The van der Waals surface area contributed by atoms with E-state index in [0.717, 1.165) is 9.20 Å². The highest BCUT2D eigenvalue weighted by atomic mass is 32.2. The molecule has 0 saturated heterocycles. The van der Waals surface area contributed by atoms with E-state index in [1.165, 1.54) is 49.1 Å². The molecule has 1 N–H and O–H groups in total. The van der Waals surface area contributed by atoms with Gasteiger partial charge in [-0.25, -0.2) is 12.8 Å². The smallest absolute Gasteiger partial charge is 0.243 e. The van der Waals surface area contributed by atoms with Gasteiger partial charge in [0.25, 0.3) is 0 Å². The molecule has 0 fully saturated rings. The molecule has 1 amide bonds. The van der Waals surface area contributed by atoms with Crippen LogP contribution in [0, 0.1) is 5.82 Å². The molecular weight excluding hydrogens is 351 g/mol. The highest BCUT2D eigenvalue weighted by molar-refractivity contribution is 7.98. The van der Waals surface area contributed by atoms with Crippen LogP contribution in [0.4, 0.5) is 10.1 Å². The van der Waals surface area contributed by atoms with Gasteiger partial charge < -0.3 is 5.32 Å². The summed E-state index contributed by atoms with van der Waals surface area (Å²) in [6.07, 6.45) is 1.89. The molecule has 2 aromatic carbocycles. The van der Waals surface area contributed by atoms with Crippen molar-refractivity contribution in [3.63, 3.8) is 0 Å². The Morgan fingerprint density at radius 1 is 1.17 bits per heavy atom. The summed E-state index contributed by atoms with van der Waals surface area (Å²) in [6.45, 7) is -0.416. The van der Waals surface area contributed by atoms with Crippen LogP contribution in [0.15, 0.2) is 58.3 Å². The molecule has 5 nitrogen and oxygen atoms in total. The van der Waals surface area contributed by atoms with Gasteiger partial charge in [-0.3, -0.25) is 4.79 Å². The van der Waals surface area contributed by atoms with Crippen molar-refractivity contribution in [2.24, 2.45) is 0 Å². The summed E-state index contributed by atoms with van der Waals surface area (Å²) in [5, 5.41) is 2.36. The summed E-state index contributed by atoms with van der Waals surface area (Å²) in [5.41, 5.74) is 0.0117. The average molecular weight is 368 g/mol. The fourth-order valence-electron chi connectivity index (χ4n) is 1.97. The second-order valence-electron chi connectivity index (χ2n) is 4.96. The Labute approximate surface area is 144 Å². The van der Waals surface area contributed by atoms with Crippen molar-refractivity contribution in [2.45, 2.75) is 9.79 Å². The molecule has 24 heavy (non-hydrogen) atoms. The van der Waals surface area contributed by atoms with Gasteiger partial charge in [0.2, 0.25) is 15.9 Å². The largest absolute Gasteiger partial charge is 0.322 e.